The van der Waals surface area contributed by atoms with Crippen molar-refractivity contribution in [3.8, 4) is 11.8 Å². The van der Waals surface area contributed by atoms with Gasteiger partial charge in [0.15, 0.2) is 0 Å². The number of nitro benzene ring substituents is 1. The lowest BCUT2D eigenvalue weighted by molar-refractivity contribution is -0.384. The highest BCUT2D eigenvalue weighted by atomic mass is 16.6. The van der Waals surface area contributed by atoms with Gasteiger partial charge in [0.1, 0.15) is 11.4 Å². The van der Waals surface area contributed by atoms with Crippen LogP contribution in [0.4, 0.5) is 11.4 Å². The number of nitrogens with zero attached hydrogens (tertiary/aromatic N) is 3. The molecule has 0 spiro atoms. The number of nitro groups is 1. The van der Waals surface area contributed by atoms with Crippen LogP contribution in [0.3, 0.4) is 0 Å². The number of rotatable bonds is 3. The summed E-state index contributed by atoms with van der Waals surface area (Å²) < 4.78 is 0. The lowest BCUT2D eigenvalue weighted by atomic mass is 10.0. The molecule has 2 heterocycles. The zero-order chi connectivity index (χ0) is 19.2. The van der Waals surface area contributed by atoms with Crippen LogP contribution in [0.2, 0.25) is 0 Å². The number of aryl methyl sites for hydroxylation is 1. The fraction of sp³-hybridized carbons (Fsp3) is 0.286. The van der Waals surface area contributed by atoms with Gasteiger partial charge in [0.25, 0.3) is 5.69 Å². The van der Waals surface area contributed by atoms with E-state index in [4.69, 9.17) is 0 Å². The van der Waals surface area contributed by atoms with Crippen molar-refractivity contribution in [2.24, 2.45) is 0 Å². The van der Waals surface area contributed by atoms with E-state index in [2.05, 4.69) is 16.8 Å². The fourth-order valence-electron chi connectivity index (χ4n) is 3.08. The van der Waals surface area contributed by atoms with Gasteiger partial charge < -0.3 is 10.0 Å². The first-order chi connectivity index (χ1) is 13.1. The second-order valence-corrected chi connectivity index (χ2v) is 6.46. The second-order valence-electron chi connectivity index (χ2n) is 6.46. The fourth-order valence-corrected chi connectivity index (χ4v) is 3.08. The summed E-state index contributed by atoms with van der Waals surface area (Å²) >= 11 is 0. The van der Waals surface area contributed by atoms with Gasteiger partial charge in [0.05, 0.1) is 11.5 Å². The summed E-state index contributed by atoms with van der Waals surface area (Å²) in [4.78, 5) is 17.3. The predicted octanol–water partition coefficient (Wildman–Crippen LogP) is 3.37. The van der Waals surface area contributed by atoms with Crippen molar-refractivity contribution in [1.29, 1.82) is 0 Å². The van der Waals surface area contributed by atoms with E-state index in [1.807, 2.05) is 36.1 Å². The van der Waals surface area contributed by atoms with Gasteiger partial charge >= 0.3 is 0 Å². The summed E-state index contributed by atoms with van der Waals surface area (Å²) in [6.07, 6.45) is 3.56. The van der Waals surface area contributed by atoms with Gasteiger partial charge in [-0.05, 0) is 55.5 Å². The molecule has 0 radical (unpaired) electrons. The maximum Gasteiger partial charge on any atom is 0.292 e. The Hall–Kier alpha value is -3.17. The molecule has 2 aromatic rings. The minimum absolute atomic E-state index is 0.0410. The Balaban J connectivity index is 1.68. The van der Waals surface area contributed by atoms with E-state index in [9.17, 15) is 15.2 Å². The van der Waals surface area contributed by atoms with Crippen LogP contribution >= 0.6 is 0 Å². The van der Waals surface area contributed by atoms with Gasteiger partial charge in [-0.2, -0.15) is 0 Å². The van der Waals surface area contributed by atoms with E-state index in [1.165, 1.54) is 11.6 Å². The summed E-state index contributed by atoms with van der Waals surface area (Å²) in [6.45, 7) is 3.14. The molecule has 1 N–H and O–H groups in total. The van der Waals surface area contributed by atoms with Gasteiger partial charge in [0.2, 0.25) is 0 Å². The number of aliphatic hydroxyl groups excluding tert-OH is 1. The monoisotopic (exact) mass is 363 g/mol. The van der Waals surface area contributed by atoms with E-state index < -0.39 is 0 Å². The minimum Gasteiger partial charge on any atom is -0.392 e. The van der Waals surface area contributed by atoms with Crippen molar-refractivity contribution in [3.63, 3.8) is 0 Å². The van der Waals surface area contributed by atoms with Crippen molar-refractivity contribution < 1.29 is 10.0 Å². The normalized spacial score (nSPS) is 13.7. The van der Waals surface area contributed by atoms with Crippen LogP contribution in [0.15, 0.2) is 48.0 Å². The number of benzene rings is 1. The Morgan fingerprint density at radius 3 is 2.74 bits per heavy atom. The van der Waals surface area contributed by atoms with Crippen LogP contribution in [-0.2, 0) is 6.61 Å². The molecule has 1 aromatic heterocycles. The lowest BCUT2D eigenvalue weighted by Crippen LogP contribution is -2.31. The molecule has 0 aliphatic carbocycles. The maximum atomic E-state index is 11.4. The van der Waals surface area contributed by atoms with Gasteiger partial charge in [-0.15, -0.1) is 0 Å². The second kappa shape index (κ2) is 8.47. The molecule has 1 aliphatic heterocycles. The average molecular weight is 363 g/mol. The molecular weight excluding hydrogens is 342 g/mol. The summed E-state index contributed by atoms with van der Waals surface area (Å²) in [5, 5.41) is 20.6. The van der Waals surface area contributed by atoms with Crippen LogP contribution in [0.1, 0.15) is 29.8 Å². The Labute approximate surface area is 158 Å². The van der Waals surface area contributed by atoms with E-state index in [0.29, 0.717) is 24.3 Å². The van der Waals surface area contributed by atoms with Gasteiger partial charge in [-0.25, -0.2) is 4.98 Å². The molecular formula is C21H21N3O3. The Morgan fingerprint density at radius 2 is 2.07 bits per heavy atom. The maximum absolute atomic E-state index is 11.4. The molecule has 0 unspecified atom stereocenters. The van der Waals surface area contributed by atoms with Gasteiger partial charge in [-0.3, -0.25) is 10.1 Å². The van der Waals surface area contributed by atoms with Crippen molar-refractivity contribution in [2.45, 2.75) is 26.4 Å². The quantitative estimate of drug-likeness (QED) is 0.514. The predicted molar refractivity (Wildman–Crippen MR) is 104 cm³/mol. The summed E-state index contributed by atoms with van der Waals surface area (Å²) in [5.41, 5.74) is 4.12. The molecule has 0 bridgehead atoms. The molecule has 1 fully saturated rings. The SMILES string of the molecule is Cc1cccc(C#CC=C2CCN(c3ccc(CO)cc3[N+](=O)[O-])CC2)n1. The van der Waals surface area contributed by atoms with Crippen molar-refractivity contribution >= 4 is 11.4 Å². The zero-order valence-electron chi connectivity index (χ0n) is 15.2. The topological polar surface area (TPSA) is 79.5 Å². The molecule has 3 rings (SSSR count). The van der Waals surface area contributed by atoms with Gasteiger partial charge in [0, 0.05) is 24.8 Å². The van der Waals surface area contributed by atoms with E-state index in [-0.39, 0.29) is 17.2 Å². The number of hydrogen-bond donors (Lipinski definition) is 1. The molecule has 1 aliphatic rings. The number of aliphatic hydroxyl groups is 1. The smallest absolute Gasteiger partial charge is 0.292 e. The molecule has 0 saturated carbocycles. The highest BCUT2D eigenvalue weighted by Gasteiger charge is 2.22. The summed E-state index contributed by atoms with van der Waals surface area (Å²) in [6, 6.07) is 10.7. The number of aromatic nitrogens is 1. The molecule has 138 valence electrons. The Morgan fingerprint density at radius 1 is 1.30 bits per heavy atom. The first-order valence-corrected chi connectivity index (χ1v) is 8.83. The standard InChI is InChI=1S/C21H21N3O3/c1-16-4-2-6-19(22-16)7-3-5-17-10-12-23(13-11-17)20-9-8-18(15-25)14-21(20)24(26)27/h2,4-6,8-9,14,25H,10-13,15H2,1H3. The van der Waals surface area contributed by atoms with Crippen LogP contribution < -0.4 is 4.90 Å². The number of allylic oxidation sites excluding steroid dienone is 1. The number of anilines is 1. The Kier molecular flexibility index (Phi) is 5.84. The molecule has 1 aromatic carbocycles. The molecule has 27 heavy (non-hydrogen) atoms. The van der Waals surface area contributed by atoms with Crippen LogP contribution in [-0.4, -0.2) is 28.1 Å². The van der Waals surface area contributed by atoms with Crippen LogP contribution in [0, 0.1) is 28.9 Å². The third-order valence-electron chi connectivity index (χ3n) is 4.53. The molecule has 6 heteroatoms. The molecule has 0 amide bonds. The first-order valence-electron chi connectivity index (χ1n) is 8.83. The van der Waals surface area contributed by atoms with Crippen molar-refractivity contribution in [3.05, 3.63) is 75.1 Å². The van der Waals surface area contributed by atoms with E-state index in [1.54, 1.807) is 12.1 Å². The van der Waals surface area contributed by atoms with Crippen LogP contribution in [0.25, 0.3) is 0 Å². The first kappa shape index (κ1) is 18.6. The summed E-state index contributed by atoms with van der Waals surface area (Å²) in [5.74, 6) is 6.12. The van der Waals surface area contributed by atoms with E-state index >= 15 is 0 Å². The number of hydrogen-bond acceptors (Lipinski definition) is 5. The zero-order valence-corrected chi connectivity index (χ0v) is 15.2. The highest BCUT2D eigenvalue weighted by Crippen LogP contribution is 2.32. The minimum atomic E-state index is -0.389. The number of piperidine rings is 1. The average Bonchev–Trinajstić information content (AvgIpc) is 2.68. The van der Waals surface area contributed by atoms with Crippen molar-refractivity contribution in [1.82, 2.24) is 4.98 Å². The number of pyridine rings is 1. The van der Waals surface area contributed by atoms with Gasteiger partial charge in [-0.1, -0.05) is 23.6 Å². The molecule has 0 atom stereocenters. The third-order valence-corrected chi connectivity index (χ3v) is 4.53. The molecule has 6 nitrogen and oxygen atoms in total. The van der Waals surface area contributed by atoms with Crippen LogP contribution in [0.5, 0.6) is 0 Å². The van der Waals surface area contributed by atoms with E-state index in [0.717, 1.165) is 24.2 Å². The largest absolute Gasteiger partial charge is 0.392 e. The molecule has 1 saturated heterocycles. The Bertz CT molecular complexity index is 931. The summed E-state index contributed by atoms with van der Waals surface area (Å²) in [7, 11) is 0. The van der Waals surface area contributed by atoms with Crippen molar-refractivity contribution in [2.75, 3.05) is 18.0 Å². The third kappa shape index (κ3) is 4.72. The highest BCUT2D eigenvalue weighted by molar-refractivity contribution is 5.64. The lowest BCUT2D eigenvalue weighted by Gasteiger charge is -2.30.